The second-order valence-corrected chi connectivity index (χ2v) is 4.63. The quantitative estimate of drug-likeness (QED) is 0.837. The first-order valence-electron chi connectivity index (χ1n) is 6.67. The molecular formula is C16H15N3O. The lowest BCUT2D eigenvalue weighted by molar-refractivity contribution is 0.123. The van der Waals surface area contributed by atoms with E-state index in [0.29, 0.717) is 5.56 Å². The normalized spacial score (nSPS) is 14.8. The van der Waals surface area contributed by atoms with Gasteiger partial charge in [-0.2, -0.15) is 5.26 Å². The van der Waals surface area contributed by atoms with Crippen LogP contribution in [0.4, 0.5) is 5.69 Å². The topological polar surface area (TPSA) is 49.2 Å². The predicted molar refractivity (Wildman–Crippen MR) is 77.4 cm³/mol. The highest BCUT2D eigenvalue weighted by Crippen LogP contribution is 2.31. The lowest BCUT2D eigenvalue weighted by Gasteiger charge is -2.30. The Morgan fingerprint density at radius 1 is 1.10 bits per heavy atom. The maximum Gasteiger partial charge on any atom is 0.101 e. The monoisotopic (exact) mass is 265 g/mol. The summed E-state index contributed by atoms with van der Waals surface area (Å²) < 4.78 is 5.40. The van der Waals surface area contributed by atoms with E-state index in [2.05, 4.69) is 22.0 Å². The van der Waals surface area contributed by atoms with E-state index in [9.17, 15) is 5.26 Å². The minimum absolute atomic E-state index is 0.605. The second kappa shape index (κ2) is 5.72. The van der Waals surface area contributed by atoms with Crippen LogP contribution in [0, 0.1) is 11.3 Å². The summed E-state index contributed by atoms with van der Waals surface area (Å²) >= 11 is 0. The number of nitriles is 1. The summed E-state index contributed by atoms with van der Waals surface area (Å²) in [6.45, 7) is 3.21. The number of hydrogen-bond donors (Lipinski definition) is 0. The van der Waals surface area contributed by atoms with Gasteiger partial charge < -0.3 is 9.64 Å². The van der Waals surface area contributed by atoms with Crippen molar-refractivity contribution >= 4 is 5.69 Å². The molecule has 0 amide bonds. The minimum Gasteiger partial charge on any atom is -0.378 e. The lowest BCUT2D eigenvalue weighted by atomic mass is 10.0. The molecule has 0 aliphatic carbocycles. The third kappa shape index (κ3) is 2.36. The number of para-hydroxylation sites is 1. The summed E-state index contributed by atoms with van der Waals surface area (Å²) in [5.74, 6) is 0. The second-order valence-electron chi connectivity index (χ2n) is 4.63. The highest BCUT2D eigenvalue weighted by atomic mass is 16.5. The first-order chi connectivity index (χ1) is 9.90. The number of morpholine rings is 1. The van der Waals surface area contributed by atoms with Crippen LogP contribution in [0.15, 0.2) is 42.6 Å². The number of ether oxygens (including phenoxy) is 1. The molecule has 1 saturated heterocycles. The van der Waals surface area contributed by atoms with E-state index in [1.54, 1.807) is 18.3 Å². The fourth-order valence-corrected chi connectivity index (χ4v) is 2.46. The predicted octanol–water partition coefficient (Wildman–Crippen LogP) is 2.46. The van der Waals surface area contributed by atoms with E-state index in [4.69, 9.17) is 4.74 Å². The van der Waals surface area contributed by atoms with Gasteiger partial charge in [0.05, 0.1) is 24.5 Å². The summed E-state index contributed by atoms with van der Waals surface area (Å²) in [6, 6.07) is 13.9. The molecule has 1 aliphatic rings. The van der Waals surface area contributed by atoms with E-state index in [-0.39, 0.29) is 0 Å². The molecule has 100 valence electrons. The average Bonchev–Trinajstić information content (AvgIpc) is 2.55. The summed E-state index contributed by atoms with van der Waals surface area (Å²) in [6.07, 6.45) is 1.73. The van der Waals surface area contributed by atoms with Gasteiger partial charge in [-0.25, -0.2) is 0 Å². The SMILES string of the molecule is N#Cc1cccnc1-c1ccccc1N1CCOCC1. The van der Waals surface area contributed by atoms with Gasteiger partial charge in [0.2, 0.25) is 0 Å². The van der Waals surface area contributed by atoms with Gasteiger partial charge >= 0.3 is 0 Å². The van der Waals surface area contributed by atoms with Crippen LogP contribution < -0.4 is 4.90 Å². The smallest absolute Gasteiger partial charge is 0.101 e. The number of anilines is 1. The fraction of sp³-hybridized carbons (Fsp3) is 0.250. The van der Waals surface area contributed by atoms with Gasteiger partial charge in [0.25, 0.3) is 0 Å². The number of benzene rings is 1. The van der Waals surface area contributed by atoms with Crippen molar-refractivity contribution in [1.82, 2.24) is 4.98 Å². The van der Waals surface area contributed by atoms with E-state index in [1.165, 1.54) is 0 Å². The zero-order valence-electron chi connectivity index (χ0n) is 11.1. The van der Waals surface area contributed by atoms with Crippen molar-refractivity contribution in [2.24, 2.45) is 0 Å². The van der Waals surface area contributed by atoms with E-state index < -0.39 is 0 Å². The molecule has 4 nitrogen and oxygen atoms in total. The first kappa shape index (κ1) is 12.6. The third-order valence-electron chi connectivity index (χ3n) is 3.44. The molecule has 3 rings (SSSR count). The van der Waals surface area contributed by atoms with E-state index in [1.807, 2.05) is 18.2 Å². The van der Waals surface area contributed by atoms with E-state index >= 15 is 0 Å². The minimum atomic E-state index is 0.605. The van der Waals surface area contributed by atoms with Crippen molar-refractivity contribution in [3.05, 3.63) is 48.2 Å². The largest absolute Gasteiger partial charge is 0.378 e. The van der Waals surface area contributed by atoms with Gasteiger partial charge in [-0.05, 0) is 18.2 Å². The third-order valence-corrected chi connectivity index (χ3v) is 3.44. The maximum atomic E-state index is 9.26. The fourth-order valence-electron chi connectivity index (χ4n) is 2.46. The summed E-state index contributed by atoms with van der Waals surface area (Å²) in [4.78, 5) is 6.68. The number of hydrogen-bond acceptors (Lipinski definition) is 4. The van der Waals surface area contributed by atoms with Gasteiger partial charge in [-0.1, -0.05) is 18.2 Å². The van der Waals surface area contributed by atoms with Crippen molar-refractivity contribution in [3.8, 4) is 17.3 Å². The zero-order chi connectivity index (χ0) is 13.8. The van der Waals surface area contributed by atoms with Gasteiger partial charge in [-0.3, -0.25) is 4.98 Å². The summed E-state index contributed by atoms with van der Waals surface area (Å²) in [5.41, 5.74) is 3.47. The maximum absolute atomic E-state index is 9.26. The molecule has 0 saturated carbocycles. The van der Waals surface area contributed by atoms with Crippen molar-refractivity contribution in [1.29, 1.82) is 5.26 Å². The molecule has 1 fully saturated rings. The molecule has 1 aromatic heterocycles. The highest BCUT2D eigenvalue weighted by molar-refractivity contribution is 5.79. The Labute approximate surface area is 118 Å². The van der Waals surface area contributed by atoms with Gasteiger partial charge in [0.1, 0.15) is 6.07 Å². The van der Waals surface area contributed by atoms with Crippen molar-refractivity contribution in [2.45, 2.75) is 0 Å². The molecule has 20 heavy (non-hydrogen) atoms. The molecule has 0 unspecified atom stereocenters. The molecule has 0 N–H and O–H groups in total. The molecule has 0 bridgehead atoms. The molecule has 1 aromatic carbocycles. The number of pyridine rings is 1. The molecule has 1 aliphatic heterocycles. The number of aromatic nitrogens is 1. The van der Waals surface area contributed by atoms with Crippen molar-refractivity contribution in [2.75, 3.05) is 31.2 Å². The Hall–Kier alpha value is -2.38. The van der Waals surface area contributed by atoms with Crippen LogP contribution in [0.3, 0.4) is 0 Å². The lowest BCUT2D eigenvalue weighted by Crippen LogP contribution is -2.36. The number of nitrogens with zero attached hydrogens (tertiary/aromatic N) is 3. The summed E-state index contributed by atoms with van der Waals surface area (Å²) in [7, 11) is 0. The molecule has 0 radical (unpaired) electrons. The average molecular weight is 265 g/mol. The molecule has 4 heteroatoms. The van der Waals surface area contributed by atoms with Crippen LogP contribution in [0.5, 0.6) is 0 Å². The zero-order valence-corrected chi connectivity index (χ0v) is 11.1. The van der Waals surface area contributed by atoms with Crippen LogP contribution in [0.1, 0.15) is 5.56 Å². The van der Waals surface area contributed by atoms with Crippen molar-refractivity contribution < 1.29 is 4.74 Å². The Kier molecular flexibility index (Phi) is 3.62. The molecule has 0 atom stereocenters. The Morgan fingerprint density at radius 2 is 1.90 bits per heavy atom. The van der Waals surface area contributed by atoms with Crippen LogP contribution in [-0.4, -0.2) is 31.3 Å². The van der Waals surface area contributed by atoms with Gasteiger partial charge in [0.15, 0.2) is 0 Å². The first-order valence-corrected chi connectivity index (χ1v) is 6.67. The van der Waals surface area contributed by atoms with Gasteiger partial charge in [-0.15, -0.1) is 0 Å². The molecule has 0 spiro atoms. The number of rotatable bonds is 2. The van der Waals surface area contributed by atoms with E-state index in [0.717, 1.165) is 43.2 Å². The summed E-state index contributed by atoms with van der Waals surface area (Å²) in [5, 5.41) is 9.26. The molecule has 2 aromatic rings. The van der Waals surface area contributed by atoms with Crippen molar-refractivity contribution in [3.63, 3.8) is 0 Å². The highest BCUT2D eigenvalue weighted by Gasteiger charge is 2.17. The van der Waals surface area contributed by atoms with Crippen LogP contribution >= 0.6 is 0 Å². The Balaban J connectivity index is 2.08. The molecule has 2 heterocycles. The van der Waals surface area contributed by atoms with Crippen LogP contribution in [0.25, 0.3) is 11.3 Å². The Morgan fingerprint density at radius 3 is 2.70 bits per heavy atom. The van der Waals surface area contributed by atoms with Crippen LogP contribution in [-0.2, 0) is 4.74 Å². The standard InChI is InChI=1S/C16H15N3O/c17-12-13-4-3-7-18-16(13)14-5-1-2-6-15(14)19-8-10-20-11-9-19/h1-7H,8-11H2. The van der Waals surface area contributed by atoms with Gasteiger partial charge in [0, 0.05) is 30.5 Å². The Bertz CT molecular complexity index is 642. The van der Waals surface area contributed by atoms with Crippen LogP contribution in [0.2, 0.25) is 0 Å². The molecular weight excluding hydrogens is 250 g/mol.